The van der Waals surface area contributed by atoms with Crippen molar-refractivity contribution >= 4 is 37.5 Å². The van der Waals surface area contributed by atoms with Crippen molar-refractivity contribution in [3.8, 4) is 0 Å². The van der Waals surface area contributed by atoms with Crippen molar-refractivity contribution < 1.29 is 17.9 Å². The summed E-state index contributed by atoms with van der Waals surface area (Å²) in [6, 6.07) is 1.65. The molecule has 18 heavy (non-hydrogen) atoms. The zero-order valence-electron chi connectivity index (χ0n) is 9.71. The number of aryl methyl sites for hydroxylation is 1. The molecule has 0 unspecified atom stereocenters. The second-order valence-electron chi connectivity index (χ2n) is 3.25. The van der Waals surface area contributed by atoms with Crippen LogP contribution in [0.1, 0.15) is 16.3 Å². The third-order valence-corrected chi connectivity index (χ3v) is 4.10. The minimum Gasteiger partial charge on any atom is -0.463 e. The highest BCUT2D eigenvalue weighted by atomic mass is 35.7. The molecule has 0 fully saturated rings. The largest absolute Gasteiger partial charge is 0.463 e. The molecule has 1 heterocycles. The van der Waals surface area contributed by atoms with E-state index < -0.39 is 15.0 Å². The van der Waals surface area contributed by atoms with Gasteiger partial charge < -0.3 is 4.74 Å². The van der Waals surface area contributed by atoms with E-state index in [4.69, 9.17) is 10.7 Å². The Kier molecular flexibility index (Phi) is 5.36. The fourth-order valence-electron chi connectivity index (χ4n) is 1.04. The lowest BCUT2D eigenvalue weighted by molar-refractivity contribution is 0.0585. The lowest BCUT2D eigenvalue weighted by atomic mass is 10.4. The molecule has 100 valence electrons. The highest BCUT2D eigenvalue weighted by molar-refractivity contribution is 8.14. The van der Waals surface area contributed by atoms with Gasteiger partial charge in [-0.2, -0.15) is 0 Å². The number of nitrogens with zero attached hydrogens (tertiary/aromatic N) is 2. The summed E-state index contributed by atoms with van der Waals surface area (Å²) in [5, 5.41) is 0.503. The van der Waals surface area contributed by atoms with Gasteiger partial charge >= 0.3 is 5.97 Å². The van der Waals surface area contributed by atoms with Gasteiger partial charge in [0.15, 0.2) is 0 Å². The third-order valence-electron chi connectivity index (χ3n) is 1.78. The van der Waals surface area contributed by atoms with Crippen molar-refractivity contribution in [3.05, 3.63) is 17.6 Å². The standard InChI is InChI=1S/C9H11ClN2O4S2/c1-6-5-7(17-3-4-18(10,14)15)12-8(11-6)9(13)16-2/h5H,3-4H2,1-2H3. The summed E-state index contributed by atoms with van der Waals surface area (Å²) in [7, 11) is 2.80. The quantitative estimate of drug-likeness (QED) is 0.350. The van der Waals surface area contributed by atoms with Crippen LogP contribution < -0.4 is 0 Å². The van der Waals surface area contributed by atoms with Gasteiger partial charge in [0, 0.05) is 22.1 Å². The molecule has 0 saturated carbocycles. The lowest BCUT2D eigenvalue weighted by Crippen LogP contribution is -2.09. The second-order valence-corrected chi connectivity index (χ2v) is 7.27. The molecule has 0 amide bonds. The molecule has 0 aromatic carbocycles. The molecule has 1 aromatic heterocycles. The maximum absolute atomic E-state index is 11.3. The van der Waals surface area contributed by atoms with Crippen LogP contribution in [-0.2, 0) is 13.8 Å². The fourth-order valence-corrected chi connectivity index (χ4v) is 3.35. The molecule has 0 bridgehead atoms. The summed E-state index contributed by atoms with van der Waals surface area (Å²) in [5.41, 5.74) is 0.599. The zero-order chi connectivity index (χ0) is 13.8. The van der Waals surface area contributed by atoms with Crippen molar-refractivity contribution in [2.75, 3.05) is 18.6 Å². The highest BCUT2D eigenvalue weighted by Gasteiger charge is 2.12. The molecule has 0 aliphatic carbocycles. The number of aromatic nitrogens is 2. The number of carbonyl (C=O) groups is 1. The van der Waals surface area contributed by atoms with Crippen molar-refractivity contribution in [2.24, 2.45) is 0 Å². The summed E-state index contributed by atoms with van der Waals surface area (Å²) in [5.74, 6) is -0.599. The Morgan fingerprint density at radius 1 is 1.50 bits per heavy atom. The Morgan fingerprint density at radius 2 is 2.17 bits per heavy atom. The van der Waals surface area contributed by atoms with Gasteiger partial charge in [-0.1, -0.05) is 0 Å². The number of ether oxygens (including phenoxy) is 1. The number of hydrogen-bond acceptors (Lipinski definition) is 7. The van der Waals surface area contributed by atoms with Crippen LogP contribution in [-0.4, -0.2) is 43.0 Å². The molecule has 0 saturated heterocycles. The first-order valence-electron chi connectivity index (χ1n) is 4.81. The Hall–Kier alpha value is -0.860. The summed E-state index contributed by atoms with van der Waals surface area (Å²) >= 11 is 1.18. The smallest absolute Gasteiger partial charge is 0.376 e. The summed E-state index contributed by atoms with van der Waals surface area (Å²) in [6.45, 7) is 1.70. The van der Waals surface area contributed by atoms with Crippen LogP contribution in [0, 0.1) is 6.92 Å². The molecule has 0 aliphatic heterocycles. The van der Waals surface area contributed by atoms with Crippen LogP contribution in [0.2, 0.25) is 0 Å². The van der Waals surface area contributed by atoms with Gasteiger partial charge in [0.25, 0.3) is 0 Å². The number of hydrogen-bond donors (Lipinski definition) is 0. The molecule has 1 aromatic rings. The van der Waals surface area contributed by atoms with Gasteiger partial charge in [0.2, 0.25) is 14.9 Å². The van der Waals surface area contributed by atoms with Crippen LogP contribution in [0.5, 0.6) is 0 Å². The molecule has 0 aliphatic rings. The second kappa shape index (κ2) is 6.35. The van der Waals surface area contributed by atoms with Gasteiger partial charge in [0.1, 0.15) is 5.03 Å². The minimum absolute atomic E-state index is 0.0475. The Balaban J connectivity index is 2.77. The molecule has 1 rings (SSSR count). The minimum atomic E-state index is -3.52. The predicted octanol–water partition coefficient (Wildman–Crippen LogP) is 1.23. The number of halogens is 1. The molecule has 0 radical (unpaired) electrons. The van der Waals surface area contributed by atoms with E-state index in [1.807, 2.05) is 0 Å². The molecule has 9 heteroatoms. The third kappa shape index (κ3) is 5.19. The SMILES string of the molecule is COC(=O)c1nc(C)cc(SCCS(=O)(=O)Cl)n1. The first-order chi connectivity index (χ1) is 8.31. The van der Waals surface area contributed by atoms with E-state index in [-0.39, 0.29) is 17.3 Å². The average Bonchev–Trinajstić information content (AvgIpc) is 2.25. The monoisotopic (exact) mass is 310 g/mol. The van der Waals surface area contributed by atoms with E-state index in [2.05, 4.69) is 14.7 Å². The van der Waals surface area contributed by atoms with Crippen LogP contribution in [0.25, 0.3) is 0 Å². The first-order valence-corrected chi connectivity index (χ1v) is 8.27. The summed E-state index contributed by atoms with van der Waals surface area (Å²) in [6.07, 6.45) is 0. The van der Waals surface area contributed by atoms with Gasteiger partial charge in [-0.15, -0.1) is 11.8 Å². The number of rotatable bonds is 5. The number of esters is 1. The van der Waals surface area contributed by atoms with Crippen molar-refractivity contribution in [1.29, 1.82) is 0 Å². The van der Waals surface area contributed by atoms with Crippen molar-refractivity contribution in [1.82, 2.24) is 9.97 Å². The van der Waals surface area contributed by atoms with Crippen LogP contribution in [0.15, 0.2) is 11.1 Å². The molecular formula is C9H11ClN2O4S2. The molecular weight excluding hydrogens is 300 g/mol. The summed E-state index contributed by atoms with van der Waals surface area (Å²) in [4.78, 5) is 19.2. The van der Waals surface area contributed by atoms with E-state index in [9.17, 15) is 13.2 Å². The molecule has 0 spiro atoms. The molecule has 0 atom stereocenters. The van der Waals surface area contributed by atoms with Gasteiger partial charge in [-0.05, 0) is 13.0 Å². The van der Waals surface area contributed by atoms with Gasteiger partial charge in [-0.25, -0.2) is 23.2 Å². The van der Waals surface area contributed by atoms with Crippen LogP contribution in [0.3, 0.4) is 0 Å². The summed E-state index contributed by atoms with van der Waals surface area (Å²) < 4.78 is 26.0. The molecule has 6 nitrogen and oxygen atoms in total. The number of carbonyl (C=O) groups excluding carboxylic acids is 1. The van der Waals surface area contributed by atoms with E-state index in [0.717, 1.165) is 0 Å². The number of methoxy groups -OCH3 is 1. The maximum atomic E-state index is 11.3. The van der Waals surface area contributed by atoms with E-state index >= 15 is 0 Å². The highest BCUT2D eigenvalue weighted by Crippen LogP contribution is 2.17. The van der Waals surface area contributed by atoms with Crippen LogP contribution >= 0.6 is 22.4 Å². The van der Waals surface area contributed by atoms with Crippen molar-refractivity contribution in [2.45, 2.75) is 11.9 Å². The average molecular weight is 311 g/mol. The Labute approximate surface area is 114 Å². The Bertz CT molecular complexity index is 547. The molecule has 0 N–H and O–H groups in total. The normalized spacial score (nSPS) is 11.3. The first kappa shape index (κ1) is 15.2. The lowest BCUT2D eigenvalue weighted by Gasteiger charge is -2.03. The Morgan fingerprint density at radius 3 is 2.72 bits per heavy atom. The van der Waals surface area contributed by atoms with E-state index in [0.29, 0.717) is 10.7 Å². The van der Waals surface area contributed by atoms with E-state index in [1.54, 1.807) is 13.0 Å². The maximum Gasteiger partial charge on any atom is 0.376 e. The van der Waals surface area contributed by atoms with Gasteiger partial charge in [0.05, 0.1) is 12.9 Å². The topological polar surface area (TPSA) is 86.2 Å². The number of thioether (sulfide) groups is 1. The predicted molar refractivity (Wildman–Crippen MR) is 68.5 cm³/mol. The van der Waals surface area contributed by atoms with Gasteiger partial charge in [-0.3, -0.25) is 0 Å². The van der Waals surface area contributed by atoms with E-state index in [1.165, 1.54) is 18.9 Å². The van der Waals surface area contributed by atoms with Crippen molar-refractivity contribution in [3.63, 3.8) is 0 Å². The fraction of sp³-hybridized carbons (Fsp3) is 0.444. The van der Waals surface area contributed by atoms with Crippen LogP contribution in [0.4, 0.5) is 0 Å². The zero-order valence-corrected chi connectivity index (χ0v) is 12.1.